The summed E-state index contributed by atoms with van der Waals surface area (Å²) in [5.74, 6) is 1.41. The Kier molecular flexibility index (Phi) is 3.50. The van der Waals surface area contributed by atoms with Gasteiger partial charge in [0, 0.05) is 6.54 Å². The van der Waals surface area contributed by atoms with Gasteiger partial charge in [0.2, 0.25) is 0 Å². The lowest BCUT2D eigenvalue weighted by atomic mass is 9.85. The molecular formula is C13H20FN3. The summed E-state index contributed by atoms with van der Waals surface area (Å²) in [6.45, 7) is 5.50. The van der Waals surface area contributed by atoms with Crippen molar-refractivity contribution in [3.05, 3.63) is 18.3 Å². The van der Waals surface area contributed by atoms with Crippen molar-refractivity contribution >= 4 is 11.5 Å². The molecule has 2 atom stereocenters. The van der Waals surface area contributed by atoms with Crippen LogP contribution in [0.15, 0.2) is 18.3 Å². The highest BCUT2D eigenvalue weighted by Crippen LogP contribution is 2.29. The van der Waals surface area contributed by atoms with Crippen molar-refractivity contribution in [1.29, 1.82) is 0 Å². The van der Waals surface area contributed by atoms with E-state index in [9.17, 15) is 4.39 Å². The Balaban J connectivity index is 2.04. The van der Waals surface area contributed by atoms with Crippen LogP contribution in [0.4, 0.5) is 15.9 Å². The predicted octanol–water partition coefficient (Wildman–Crippen LogP) is 2.48. The van der Waals surface area contributed by atoms with Gasteiger partial charge in [0.05, 0.1) is 18.4 Å². The average Bonchev–Trinajstić information content (AvgIpc) is 2.29. The quantitative estimate of drug-likeness (QED) is 0.859. The lowest BCUT2D eigenvalue weighted by Crippen LogP contribution is -2.43. The fraction of sp³-hybridized carbons (Fsp3) is 0.615. The summed E-state index contributed by atoms with van der Waals surface area (Å²) in [4.78, 5) is 6.24. The van der Waals surface area contributed by atoms with Crippen LogP contribution in [0, 0.1) is 11.8 Å². The molecule has 1 aliphatic rings. The average molecular weight is 237 g/mol. The van der Waals surface area contributed by atoms with Gasteiger partial charge in [-0.2, -0.15) is 0 Å². The molecule has 1 aliphatic heterocycles. The lowest BCUT2D eigenvalue weighted by molar-refractivity contribution is 0.153. The first-order valence-corrected chi connectivity index (χ1v) is 6.18. The Labute approximate surface area is 102 Å². The molecule has 3 nitrogen and oxygen atoms in total. The van der Waals surface area contributed by atoms with E-state index in [0.29, 0.717) is 18.2 Å². The number of nitrogen functional groups attached to an aromatic ring is 1. The molecule has 1 aromatic rings. The maximum absolute atomic E-state index is 14.0. The van der Waals surface area contributed by atoms with E-state index in [1.165, 1.54) is 0 Å². The summed E-state index contributed by atoms with van der Waals surface area (Å²) in [5.41, 5.74) is 6.23. The van der Waals surface area contributed by atoms with Crippen LogP contribution in [0.25, 0.3) is 0 Å². The molecule has 0 amide bonds. The summed E-state index contributed by atoms with van der Waals surface area (Å²) in [7, 11) is 0. The van der Waals surface area contributed by atoms with Gasteiger partial charge in [-0.25, -0.2) is 9.37 Å². The predicted molar refractivity (Wildman–Crippen MR) is 68.7 cm³/mol. The van der Waals surface area contributed by atoms with E-state index in [1.807, 2.05) is 17.0 Å². The van der Waals surface area contributed by atoms with Gasteiger partial charge in [0.15, 0.2) is 0 Å². The highest BCUT2D eigenvalue weighted by Gasteiger charge is 2.31. The number of aromatic nitrogens is 1. The van der Waals surface area contributed by atoms with Crippen LogP contribution in [0.1, 0.15) is 20.3 Å². The molecule has 17 heavy (non-hydrogen) atoms. The first-order valence-electron chi connectivity index (χ1n) is 6.18. The highest BCUT2D eigenvalue weighted by atomic mass is 19.1. The number of hydrogen-bond acceptors (Lipinski definition) is 3. The third-order valence-corrected chi connectivity index (χ3v) is 3.54. The van der Waals surface area contributed by atoms with Crippen molar-refractivity contribution in [2.45, 2.75) is 26.4 Å². The highest BCUT2D eigenvalue weighted by molar-refractivity contribution is 5.46. The van der Waals surface area contributed by atoms with Crippen LogP contribution in [-0.4, -0.2) is 24.2 Å². The van der Waals surface area contributed by atoms with Gasteiger partial charge in [-0.05, 0) is 30.4 Å². The van der Waals surface area contributed by atoms with Crippen LogP contribution >= 0.6 is 0 Å². The summed E-state index contributed by atoms with van der Waals surface area (Å²) >= 11 is 0. The minimum Gasteiger partial charge on any atom is -0.397 e. The first kappa shape index (κ1) is 12.1. The second-order valence-electron chi connectivity index (χ2n) is 5.11. The van der Waals surface area contributed by atoms with E-state index in [4.69, 9.17) is 5.73 Å². The minimum atomic E-state index is -0.761. The Bertz CT molecular complexity index is 363. The molecule has 0 aliphatic carbocycles. The molecule has 4 heteroatoms. The third-order valence-electron chi connectivity index (χ3n) is 3.54. The number of alkyl halides is 1. The van der Waals surface area contributed by atoms with Crippen LogP contribution in [-0.2, 0) is 0 Å². The van der Waals surface area contributed by atoms with Crippen LogP contribution in [0.2, 0.25) is 0 Å². The standard InChI is InChI=1S/C13H20FN3/c1-9(2)11-5-6-17(8-12(11)14)13-4-3-10(15)7-16-13/h3-4,7,9,11-12H,5-6,8,15H2,1-2H3. The SMILES string of the molecule is CC(C)C1CCN(c2ccc(N)cn2)CC1F. The molecule has 1 fully saturated rings. The van der Waals surface area contributed by atoms with Crippen LogP contribution < -0.4 is 10.6 Å². The fourth-order valence-electron chi connectivity index (χ4n) is 2.47. The van der Waals surface area contributed by atoms with E-state index in [0.717, 1.165) is 18.8 Å². The Morgan fingerprint density at radius 3 is 2.76 bits per heavy atom. The van der Waals surface area contributed by atoms with Gasteiger partial charge < -0.3 is 10.6 Å². The van der Waals surface area contributed by atoms with Crippen molar-refractivity contribution in [3.63, 3.8) is 0 Å². The molecule has 2 N–H and O–H groups in total. The normalized spacial score (nSPS) is 25.3. The van der Waals surface area contributed by atoms with Crippen molar-refractivity contribution in [3.8, 4) is 0 Å². The van der Waals surface area contributed by atoms with Gasteiger partial charge in [-0.3, -0.25) is 0 Å². The van der Waals surface area contributed by atoms with Crippen molar-refractivity contribution in [2.75, 3.05) is 23.7 Å². The molecule has 2 rings (SSSR count). The summed E-state index contributed by atoms with van der Waals surface area (Å²) in [6, 6.07) is 3.67. The lowest BCUT2D eigenvalue weighted by Gasteiger charge is -2.37. The van der Waals surface area contributed by atoms with Crippen molar-refractivity contribution in [1.82, 2.24) is 4.98 Å². The topological polar surface area (TPSA) is 42.1 Å². The zero-order chi connectivity index (χ0) is 12.4. The minimum absolute atomic E-state index is 0.181. The van der Waals surface area contributed by atoms with E-state index in [-0.39, 0.29) is 5.92 Å². The second kappa shape index (κ2) is 4.90. The van der Waals surface area contributed by atoms with E-state index >= 15 is 0 Å². The molecule has 0 bridgehead atoms. The van der Waals surface area contributed by atoms with Gasteiger partial charge in [0.25, 0.3) is 0 Å². The summed E-state index contributed by atoms with van der Waals surface area (Å²) < 4.78 is 14.0. The molecule has 0 saturated carbocycles. The molecule has 94 valence electrons. The third kappa shape index (κ3) is 2.68. The van der Waals surface area contributed by atoms with Crippen molar-refractivity contribution in [2.24, 2.45) is 11.8 Å². The molecule has 0 radical (unpaired) electrons. The molecule has 1 aromatic heterocycles. The van der Waals surface area contributed by atoms with E-state index in [1.54, 1.807) is 6.20 Å². The molecule has 0 spiro atoms. The molecule has 2 heterocycles. The van der Waals surface area contributed by atoms with E-state index in [2.05, 4.69) is 18.8 Å². The summed E-state index contributed by atoms with van der Waals surface area (Å²) in [6.07, 6.45) is 1.75. The van der Waals surface area contributed by atoms with Crippen LogP contribution in [0.3, 0.4) is 0 Å². The molecule has 2 unspecified atom stereocenters. The number of halogens is 1. The number of piperidine rings is 1. The molecule has 0 aromatic carbocycles. The fourth-order valence-corrected chi connectivity index (χ4v) is 2.47. The maximum atomic E-state index is 14.0. The Morgan fingerprint density at radius 2 is 2.24 bits per heavy atom. The zero-order valence-corrected chi connectivity index (χ0v) is 10.4. The largest absolute Gasteiger partial charge is 0.397 e. The molecular weight excluding hydrogens is 217 g/mol. The Morgan fingerprint density at radius 1 is 1.47 bits per heavy atom. The zero-order valence-electron chi connectivity index (χ0n) is 10.4. The number of hydrogen-bond donors (Lipinski definition) is 1. The van der Waals surface area contributed by atoms with Crippen molar-refractivity contribution < 1.29 is 4.39 Å². The number of nitrogens with two attached hydrogens (primary N) is 1. The van der Waals surface area contributed by atoms with Crippen LogP contribution in [0.5, 0.6) is 0 Å². The molecule has 1 saturated heterocycles. The van der Waals surface area contributed by atoms with Gasteiger partial charge in [-0.1, -0.05) is 13.8 Å². The van der Waals surface area contributed by atoms with Gasteiger partial charge >= 0.3 is 0 Å². The van der Waals surface area contributed by atoms with E-state index < -0.39 is 6.17 Å². The van der Waals surface area contributed by atoms with Gasteiger partial charge in [0.1, 0.15) is 12.0 Å². The summed E-state index contributed by atoms with van der Waals surface area (Å²) in [5, 5.41) is 0. The number of pyridine rings is 1. The first-order chi connectivity index (χ1) is 8.08. The number of rotatable bonds is 2. The van der Waals surface area contributed by atoms with Gasteiger partial charge in [-0.15, -0.1) is 0 Å². The monoisotopic (exact) mass is 237 g/mol. The number of anilines is 2. The Hall–Kier alpha value is -1.32. The smallest absolute Gasteiger partial charge is 0.128 e. The maximum Gasteiger partial charge on any atom is 0.128 e. The number of nitrogens with zero attached hydrogens (tertiary/aromatic N) is 2. The second-order valence-corrected chi connectivity index (χ2v) is 5.11.